The van der Waals surface area contributed by atoms with Crippen LogP contribution in [0, 0.1) is 6.92 Å². The molecule has 3 heterocycles. The molecule has 0 bridgehead atoms. The molecule has 8 nitrogen and oxygen atoms in total. The highest BCUT2D eigenvalue weighted by molar-refractivity contribution is 6.06. The Bertz CT molecular complexity index is 1290. The monoisotopic (exact) mass is 403 g/mol. The molecule has 0 aliphatic heterocycles. The van der Waals surface area contributed by atoms with Crippen LogP contribution in [0.2, 0.25) is 0 Å². The third-order valence-corrected chi connectivity index (χ3v) is 4.42. The van der Waals surface area contributed by atoms with E-state index in [9.17, 15) is 14.4 Å². The first kappa shape index (κ1) is 19.1. The summed E-state index contributed by atoms with van der Waals surface area (Å²) in [5.41, 5.74) is 1.76. The van der Waals surface area contributed by atoms with E-state index in [4.69, 9.17) is 9.15 Å². The van der Waals surface area contributed by atoms with Crippen molar-refractivity contribution in [3.05, 3.63) is 100.0 Å². The predicted molar refractivity (Wildman–Crippen MR) is 108 cm³/mol. The number of carbonyl (C=O) groups excluding carboxylic acids is 2. The largest absolute Gasteiger partial charge is 0.459 e. The van der Waals surface area contributed by atoms with Gasteiger partial charge < -0.3 is 14.5 Å². The summed E-state index contributed by atoms with van der Waals surface area (Å²) in [4.78, 5) is 41.5. The number of nitrogens with one attached hydrogen (secondary N) is 1. The van der Waals surface area contributed by atoms with Gasteiger partial charge in [-0.25, -0.2) is 9.78 Å². The number of carbonyl (C=O) groups is 2. The van der Waals surface area contributed by atoms with Crippen LogP contribution < -0.4 is 10.9 Å². The Morgan fingerprint density at radius 3 is 2.73 bits per heavy atom. The Balaban J connectivity index is 1.52. The fraction of sp³-hybridized carbons (Fsp3) is 0.0909. The molecule has 0 aliphatic rings. The molecular formula is C22H17N3O5. The maximum absolute atomic E-state index is 12.6. The normalized spacial score (nSPS) is 10.7. The van der Waals surface area contributed by atoms with Crippen LogP contribution in [0.1, 0.15) is 32.3 Å². The van der Waals surface area contributed by atoms with Gasteiger partial charge in [0.1, 0.15) is 12.3 Å². The summed E-state index contributed by atoms with van der Waals surface area (Å²) in [6.45, 7) is 1.63. The van der Waals surface area contributed by atoms with E-state index in [0.717, 1.165) is 5.69 Å². The molecule has 8 heteroatoms. The fourth-order valence-corrected chi connectivity index (χ4v) is 3.02. The number of para-hydroxylation sites is 1. The van der Waals surface area contributed by atoms with Crippen molar-refractivity contribution in [1.82, 2.24) is 9.38 Å². The van der Waals surface area contributed by atoms with Crippen molar-refractivity contribution in [3.63, 3.8) is 0 Å². The molecule has 3 aromatic heterocycles. The lowest BCUT2D eigenvalue weighted by Crippen LogP contribution is -2.19. The number of esters is 1. The Labute approximate surface area is 170 Å². The average molecular weight is 403 g/mol. The van der Waals surface area contributed by atoms with Crippen LogP contribution in [0.25, 0.3) is 5.65 Å². The number of hydrogen-bond acceptors (Lipinski definition) is 6. The quantitative estimate of drug-likeness (QED) is 0.513. The zero-order valence-corrected chi connectivity index (χ0v) is 16.0. The number of rotatable bonds is 5. The van der Waals surface area contributed by atoms with E-state index >= 15 is 0 Å². The van der Waals surface area contributed by atoms with Gasteiger partial charge in [-0.1, -0.05) is 18.2 Å². The molecule has 0 atom stereocenters. The second-order valence-corrected chi connectivity index (χ2v) is 6.50. The molecule has 30 heavy (non-hydrogen) atoms. The van der Waals surface area contributed by atoms with E-state index < -0.39 is 11.9 Å². The molecule has 150 valence electrons. The molecule has 0 saturated heterocycles. The lowest BCUT2D eigenvalue weighted by molar-refractivity contribution is 0.0469. The third-order valence-electron chi connectivity index (χ3n) is 4.42. The number of ether oxygens (including phenoxy) is 1. The van der Waals surface area contributed by atoms with Crippen LogP contribution in [-0.2, 0) is 11.3 Å². The zero-order valence-electron chi connectivity index (χ0n) is 16.0. The minimum Gasteiger partial charge on any atom is -0.459 e. The summed E-state index contributed by atoms with van der Waals surface area (Å²) >= 11 is 0. The first-order valence-corrected chi connectivity index (χ1v) is 9.12. The summed E-state index contributed by atoms with van der Waals surface area (Å²) in [6, 6.07) is 16.2. The molecule has 1 aromatic carbocycles. The summed E-state index contributed by atoms with van der Waals surface area (Å²) in [7, 11) is 0. The Morgan fingerprint density at radius 2 is 1.93 bits per heavy atom. The van der Waals surface area contributed by atoms with Crippen LogP contribution >= 0.6 is 0 Å². The van der Waals surface area contributed by atoms with Crippen molar-refractivity contribution in [2.45, 2.75) is 13.5 Å². The van der Waals surface area contributed by atoms with Gasteiger partial charge in [-0.2, -0.15) is 0 Å². The lowest BCUT2D eigenvalue weighted by atomic mass is 10.1. The van der Waals surface area contributed by atoms with Crippen LogP contribution in [0.3, 0.4) is 0 Å². The Hall–Kier alpha value is -4.20. The third kappa shape index (κ3) is 3.83. The molecule has 0 unspecified atom stereocenters. The summed E-state index contributed by atoms with van der Waals surface area (Å²) < 4.78 is 11.9. The minimum absolute atomic E-state index is 0.120. The van der Waals surface area contributed by atoms with Crippen LogP contribution in [0.15, 0.2) is 76.1 Å². The van der Waals surface area contributed by atoms with E-state index in [2.05, 4.69) is 10.3 Å². The first-order chi connectivity index (χ1) is 14.5. The van der Waals surface area contributed by atoms with Crippen molar-refractivity contribution in [1.29, 1.82) is 0 Å². The molecule has 0 radical (unpaired) electrons. The Morgan fingerprint density at radius 1 is 1.10 bits per heavy atom. The average Bonchev–Trinajstić information content (AvgIpc) is 3.27. The van der Waals surface area contributed by atoms with E-state index in [1.807, 2.05) is 13.0 Å². The maximum atomic E-state index is 12.6. The lowest BCUT2D eigenvalue weighted by Gasteiger charge is -2.11. The van der Waals surface area contributed by atoms with E-state index in [1.165, 1.54) is 28.9 Å². The molecule has 0 saturated carbocycles. The summed E-state index contributed by atoms with van der Waals surface area (Å²) in [6.07, 6.45) is 1.38. The maximum Gasteiger partial charge on any atom is 0.340 e. The van der Waals surface area contributed by atoms with Gasteiger partial charge in [0.2, 0.25) is 0 Å². The Kier molecular flexibility index (Phi) is 5.13. The molecule has 1 amide bonds. The highest BCUT2D eigenvalue weighted by Gasteiger charge is 2.17. The van der Waals surface area contributed by atoms with E-state index in [-0.39, 0.29) is 29.2 Å². The summed E-state index contributed by atoms with van der Waals surface area (Å²) in [5, 5.41) is 2.63. The molecule has 0 spiro atoms. The van der Waals surface area contributed by atoms with Crippen molar-refractivity contribution in [2.24, 2.45) is 0 Å². The second-order valence-electron chi connectivity index (χ2n) is 6.50. The van der Waals surface area contributed by atoms with Gasteiger partial charge in [-0.3, -0.25) is 14.0 Å². The highest BCUT2D eigenvalue weighted by atomic mass is 16.5. The van der Waals surface area contributed by atoms with Crippen molar-refractivity contribution >= 4 is 23.2 Å². The smallest absolute Gasteiger partial charge is 0.340 e. The predicted octanol–water partition coefficient (Wildman–Crippen LogP) is 3.21. The molecular weight excluding hydrogens is 386 g/mol. The van der Waals surface area contributed by atoms with Gasteiger partial charge in [-0.05, 0) is 43.3 Å². The van der Waals surface area contributed by atoms with Crippen LogP contribution in [-0.4, -0.2) is 21.3 Å². The fourth-order valence-electron chi connectivity index (χ4n) is 3.02. The topological polar surface area (TPSA) is 103 Å². The number of benzene rings is 1. The number of nitrogens with zero attached hydrogens (tertiary/aromatic N) is 2. The minimum atomic E-state index is -0.656. The van der Waals surface area contributed by atoms with Gasteiger partial charge in [0, 0.05) is 11.8 Å². The van der Waals surface area contributed by atoms with Crippen LogP contribution in [0.5, 0.6) is 0 Å². The molecule has 4 rings (SSSR count). The van der Waals surface area contributed by atoms with Crippen molar-refractivity contribution < 1.29 is 18.7 Å². The van der Waals surface area contributed by atoms with Gasteiger partial charge >= 0.3 is 5.97 Å². The van der Waals surface area contributed by atoms with E-state index in [0.29, 0.717) is 11.3 Å². The van der Waals surface area contributed by atoms with Gasteiger partial charge in [0.25, 0.3) is 11.5 Å². The van der Waals surface area contributed by atoms with Gasteiger partial charge in [-0.15, -0.1) is 0 Å². The van der Waals surface area contributed by atoms with Crippen LogP contribution in [0.4, 0.5) is 5.69 Å². The summed E-state index contributed by atoms with van der Waals surface area (Å²) in [5.74, 6) is -1.02. The van der Waals surface area contributed by atoms with Crippen molar-refractivity contribution in [3.8, 4) is 0 Å². The SMILES string of the molecule is Cc1cccc2nc(COC(=O)c3ccccc3NC(=O)c3ccco3)cc(=O)n12. The molecule has 1 N–H and O–H groups in total. The number of furan rings is 1. The number of pyridine rings is 1. The number of aromatic nitrogens is 2. The number of aryl methyl sites for hydroxylation is 1. The number of hydrogen-bond donors (Lipinski definition) is 1. The highest BCUT2D eigenvalue weighted by Crippen LogP contribution is 2.18. The molecule has 4 aromatic rings. The molecule has 0 aliphatic carbocycles. The number of anilines is 1. The van der Waals surface area contributed by atoms with Gasteiger partial charge in [0.15, 0.2) is 5.76 Å². The van der Waals surface area contributed by atoms with Crippen molar-refractivity contribution in [2.75, 3.05) is 5.32 Å². The first-order valence-electron chi connectivity index (χ1n) is 9.12. The second kappa shape index (κ2) is 8.04. The standard InChI is InChI=1S/C22H17N3O5/c1-14-6-4-10-19-23-15(12-20(26)25(14)19)13-30-22(28)16-7-2-3-8-17(16)24-21(27)18-9-5-11-29-18/h2-12H,13H2,1H3,(H,24,27). The number of fused-ring (bicyclic) bond motifs is 1. The van der Waals surface area contributed by atoms with Gasteiger partial charge in [0.05, 0.1) is 23.2 Å². The zero-order chi connectivity index (χ0) is 21.1. The molecule has 0 fully saturated rings. The van der Waals surface area contributed by atoms with E-state index in [1.54, 1.807) is 36.4 Å². The number of amides is 1.